The van der Waals surface area contributed by atoms with Gasteiger partial charge in [0.25, 0.3) is 10.2 Å². The zero-order chi connectivity index (χ0) is 17.0. The molecule has 0 bridgehead atoms. The van der Waals surface area contributed by atoms with E-state index in [-0.39, 0.29) is 13.1 Å². The third-order valence-electron chi connectivity index (χ3n) is 4.48. The fourth-order valence-corrected chi connectivity index (χ4v) is 3.90. The standard InChI is InChI=1S/C17H24N4O2S/c1-21(24(22,23)18-12-14-8-4-2-5-9-14)13-17-15-10-6-3-7-11-16(15)19-20-17/h2,4-5,8-9,18H,3,6-7,10-13H2,1H3,(H,19,20). The maximum atomic E-state index is 12.4. The number of nitrogens with one attached hydrogen (secondary N) is 2. The molecule has 1 aliphatic rings. The molecule has 2 N–H and O–H groups in total. The van der Waals surface area contributed by atoms with Crippen LogP contribution in [0.3, 0.4) is 0 Å². The summed E-state index contributed by atoms with van der Waals surface area (Å²) in [6, 6.07) is 9.50. The van der Waals surface area contributed by atoms with Gasteiger partial charge in [-0.1, -0.05) is 36.8 Å². The smallest absolute Gasteiger partial charge is 0.279 e. The van der Waals surface area contributed by atoms with Crippen molar-refractivity contribution in [2.75, 3.05) is 7.05 Å². The van der Waals surface area contributed by atoms with Crippen molar-refractivity contribution in [1.29, 1.82) is 0 Å². The maximum absolute atomic E-state index is 12.4. The van der Waals surface area contributed by atoms with Crippen molar-refractivity contribution >= 4 is 10.2 Å². The van der Waals surface area contributed by atoms with Crippen LogP contribution in [0.25, 0.3) is 0 Å². The fraction of sp³-hybridized carbons (Fsp3) is 0.471. The highest BCUT2D eigenvalue weighted by atomic mass is 32.2. The predicted octanol–water partition coefficient (Wildman–Crippen LogP) is 2.14. The molecule has 0 atom stereocenters. The molecule has 6 nitrogen and oxygen atoms in total. The molecule has 24 heavy (non-hydrogen) atoms. The molecule has 1 aliphatic carbocycles. The molecule has 1 aromatic carbocycles. The highest BCUT2D eigenvalue weighted by Crippen LogP contribution is 2.22. The molecule has 0 amide bonds. The monoisotopic (exact) mass is 348 g/mol. The molecule has 0 fully saturated rings. The molecule has 0 saturated heterocycles. The van der Waals surface area contributed by atoms with Gasteiger partial charge in [0.05, 0.1) is 12.2 Å². The second kappa shape index (κ2) is 7.46. The molecule has 0 saturated carbocycles. The van der Waals surface area contributed by atoms with E-state index in [9.17, 15) is 8.42 Å². The van der Waals surface area contributed by atoms with Crippen molar-refractivity contribution in [3.63, 3.8) is 0 Å². The van der Waals surface area contributed by atoms with E-state index in [1.807, 2.05) is 30.3 Å². The Bertz CT molecular complexity index is 771. The van der Waals surface area contributed by atoms with Crippen LogP contribution in [0.2, 0.25) is 0 Å². The van der Waals surface area contributed by atoms with E-state index >= 15 is 0 Å². The number of fused-ring (bicyclic) bond motifs is 1. The Morgan fingerprint density at radius 3 is 2.71 bits per heavy atom. The number of hydrogen-bond acceptors (Lipinski definition) is 3. The molecule has 0 radical (unpaired) electrons. The second-order valence-electron chi connectivity index (χ2n) is 6.26. The summed E-state index contributed by atoms with van der Waals surface area (Å²) in [7, 11) is -1.95. The predicted molar refractivity (Wildman–Crippen MR) is 93.5 cm³/mol. The Morgan fingerprint density at radius 1 is 1.17 bits per heavy atom. The van der Waals surface area contributed by atoms with Gasteiger partial charge in [0, 0.05) is 19.3 Å². The summed E-state index contributed by atoms with van der Waals surface area (Å²) in [5, 5.41) is 7.44. The molecule has 0 aliphatic heterocycles. The summed E-state index contributed by atoms with van der Waals surface area (Å²) in [4.78, 5) is 0. The highest BCUT2D eigenvalue weighted by molar-refractivity contribution is 7.87. The first-order chi connectivity index (χ1) is 11.6. The lowest BCUT2D eigenvalue weighted by atomic mass is 10.1. The summed E-state index contributed by atoms with van der Waals surface area (Å²) in [6.45, 7) is 0.572. The van der Waals surface area contributed by atoms with Gasteiger partial charge in [0.1, 0.15) is 0 Å². The molecule has 7 heteroatoms. The average molecular weight is 348 g/mol. The minimum Gasteiger partial charge on any atom is -0.282 e. The van der Waals surface area contributed by atoms with Gasteiger partial charge in [0.2, 0.25) is 0 Å². The Morgan fingerprint density at radius 2 is 1.92 bits per heavy atom. The molecule has 2 aromatic rings. The van der Waals surface area contributed by atoms with Crippen molar-refractivity contribution in [1.82, 2.24) is 19.2 Å². The Hall–Kier alpha value is -1.70. The van der Waals surface area contributed by atoms with Gasteiger partial charge in [-0.15, -0.1) is 0 Å². The first-order valence-electron chi connectivity index (χ1n) is 8.36. The topological polar surface area (TPSA) is 78.1 Å². The maximum Gasteiger partial charge on any atom is 0.279 e. The van der Waals surface area contributed by atoms with Crippen LogP contribution in [-0.4, -0.2) is 30.0 Å². The van der Waals surface area contributed by atoms with E-state index in [0.717, 1.165) is 30.5 Å². The number of benzene rings is 1. The quantitative estimate of drug-likeness (QED) is 0.785. The van der Waals surface area contributed by atoms with Gasteiger partial charge in [-0.2, -0.15) is 22.5 Å². The second-order valence-corrected chi connectivity index (χ2v) is 8.12. The van der Waals surface area contributed by atoms with Gasteiger partial charge in [-0.3, -0.25) is 5.10 Å². The molecule has 1 aromatic heterocycles. The summed E-state index contributed by atoms with van der Waals surface area (Å²) in [6.07, 6.45) is 5.51. The van der Waals surface area contributed by atoms with Gasteiger partial charge >= 0.3 is 0 Å². The van der Waals surface area contributed by atoms with Crippen molar-refractivity contribution in [2.45, 2.75) is 45.2 Å². The van der Waals surface area contributed by atoms with E-state index < -0.39 is 10.2 Å². The lowest BCUT2D eigenvalue weighted by Gasteiger charge is -2.17. The van der Waals surface area contributed by atoms with Gasteiger partial charge < -0.3 is 0 Å². The molecular formula is C17H24N4O2S. The van der Waals surface area contributed by atoms with E-state index in [4.69, 9.17) is 0 Å². The minimum absolute atomic E-state index is 0.284. The number of rotatable bonds is 6. The molecule has 0 unspecified atom stereocenters. The van der Waals surface area contributed by atoms with Crippen LogP contribution < -0.4 is 4.72 Å². The normalized spacial score (nSPS) is 15.2. The molecule has 1 heterocycles. The van der Waals surface area contributed by atoms with Crippen LogP contribution in [-0.2, 0) is 36.1 Å². The molecule has 130 valence electrons. The van der Waals surface area contributed by atoms with Crippen LogP contribution in [0.15, 0.2) is 30.3 Å². The van der Waals surface area contributed by atoms with Crippen molar-refractivity contribution < 1.29 is 8.42 Å². The average Bonchev–Trinajstić information content (AvgIpc) is 2.81. The number of aryl methyl sites for hydroxylation is 1. The van der Waals surface area contributed by atoms with Crippen LogP contribution >= 0.6 is 0 Å². The number of nitrogens with zero attached hydrogens (tertiary/aromatic N) is 2. The van der Waals surface area contributed by atoms with Gasteiger partial charge in [0.15, 0.2) is 0 Å². The first-order valence-corrected chi connectivity index (χ1v) is 9.80. The summed E-state index contributed by atoms with van der Waals surface area (Å²) in [5.74, 6) is 0. The number of aromatic nitrogens is 2. The van der Waals surface area contributed by atoms with Crippen LogP contribution in [0.4, 0.5) is 0 Å². The SMILES string of the molecule is CN(Cc1n[nH]c2c1CCCCC2)S(=O)(=O)NCc1ccccc1. The zero-order valence-electron chi connectivity index (χ0n) is 14.0. The number of aromatic amines is 1. The number of H-pyrrole nitrogens is 1. The lowest BCUT2D eigenvalue weighted by molar-refractivity contribution is 0.449. The third kappa shape index (κ3) is 4.03. The Labute approximate surface area is 143 Å². The third-order valence-corrected chi connectivity index (χ3v) is 5.94. The Kier molecular flexibility index (Phi) is 5.33. The summed E-state index contributed by atoms with van der Waals surface area (Å²) >= 11 is 0. The van der Waals surface area contributed by atoms with E-state index in [2.05, 4.69) is 14.9 Å². The first kappa shape index (κ1) is 17.1. The fourth-order valence-electron chi connectivity index (χ4n) is 3.03. The molecule has 0 spiro atoms. The molecule has 3 rings (SSSR count). The zero-order valence-corrected chi connectivity index (χ0v) is 14.8. The van der Waals surface area contributed by atoms with E-state index in [1.54, 1.807) is 7.05 Å². The van der Waals surface area contributed by atoms with Crippen LogP contribution in [0.5, 0.6) is 0 Å². The lowest BCUT2D eigenvalue weighted by Crippen LogP contribution is -2.37. The Balaban J connectivity index is 1.65. The van der Waals surface area contributed by atoms with E-state index in [1.165, 1.54) is 28.4 Å². The highest BCUT2D eigenvalue weighted by Gasteiger charge is 2.22. The minimum atomic E-state index is -3.54. The van der Waals surface area contributed by atoms with Crippen LogP contribution in [0, 0.1) is 0 Å². The van der Waals surface area contributed by atoms with Crippen molar-refractivity contribution in [2.24, 2.45) is 0 Å². The number of hydrogen-bond donors (Lipinski definition) is 2. The van der Waals surface area contributed by atoms with Crippen molar-refractivity contribution in [3.8, 4) is 0 Å². The van der Waals surface area contributed by atoms with E-state index in [0.29, 0.717) is 0 Å². The molecular weight excluding hydrogens is 324 g/mol. The summed E-state index contributed by atoms with van der Waals surface area (Å²) < 4.78 is 28.9. The van der Waals surface area contributed by atoms with Crippen molar-refractivity contribution in [3.05, 3.63) is 52.8 Å². The summed E-state index contributed by atoms with van der Waals surface area (Å²) in [5.41, 5.74) is 4.16. The van der Waals surface area contributed by atoms with Gasteiger partial charge in [-0.05, 0) is 36.8 Å². The largest absolute Gasteiger partial charge is 0.282 e. The van der Waals surface area contributed by atoms with Crippen LogP contribution in [0.1, 0.15) is 41.8 Å². The van der Waals surface area contributed by atoms with Gasteiger partial charge in [-0.25, -0.2) is 0 Å².